The average molecular weight is 305 g/mol. The van der Waals surface area contributed by atoms with Gasteiger partial charge in [0.05, 0.1) is 18.1 Å². The number of nitrogens with zero attached hydrogens (tertiary/aromatic N) is 5. The monoisotopic (exact) mass is 305 g/mol. The topological polar surface area (TPSA) is 143 Å². The molecule has 22 heavy (non-hydrogen) atoms. The predicted molar refractivity (Wildman–Crippen MR) is 71.0 cm³/mol. The van der Waals surface area contributed by atoms with Gasteiger partial charge in [0.25, 0.3) is 5.69 Å². The van der Waals surface area contributed by atoms with Gasteiger partial charge in [-0.05, 0) is 5.21 Å². The number of aromatic nitrogens is 4. The second-order valence-corrected chi connectivity index (χ2v) is 3.81. The van der Waals surface area contributed by atoms with E-state index in [0.717, 1.165) is 18.3 Å². The lowest BCUT2D eigenvalue weighted by Crippen LogP contribution is -2.00. The van der Waals surface area contributed by atoms with E-state index in [-0.39, 0.29) is 22.8 Å². The van der Waals surface area contributed by atoms with Gasteiger partial charge < -0.3 is 10.1 Å². The Hall–Kier alpha value is -3.55. The molecule has 2 N–H and O–H groups in total. The largest absolute Gasteiger partial charge is 0.493 e. The number of benzene rings is 1. The zero-order valence-corrected chi connectivity index (χ0v) is 11.1. The number of H-pyrrole nitrogens is 1. The minimum Gasteiger partial charge on any atom is -0.493 e. The van der Waals surface area contributed by atoms with Gasteiger partial charge in [-0.3, -0.25) is 10.1 Å². The van der Waals surface area contributed by atoms with E-state index >= 15 is 0 Å². The number of rotatable bonds is 5. The number of nitrogens with one attached hydrogen (secondary N) is 2. The van der Waals surface area contributed by atoms with Gasteiger partial charge in [0, 0.05) is 12.3 Å². The molecule has 0 atom stereocenters. The van der Waals surface area contributed by atoms with E-state index < -0.39 is 16.4 Å². The van der Waals surface area contributed by atoms with Crippen LogP contribution in [0, 0.1) is 27.3 Å². The minimum absolute atomic E-state index is 0.00774. The third kappa shape index (κ3) is 2.96. The Balaban J connectivity index is 2.39. The summed E-state index contributed by atoms with van der Waals surface area (Å²) in [6.07, 6.45) is 1.11. The summed E-state index contributed by atoms with van der Waals surface area (Å²) in [6.45, 7) is 0. The van der Waals surface area contributed by atoms with Crippen LogP contribution >= 0.6 is 0 Å². The fraction of sp³-hybridized carbons (Fsp3) is 0.0909. The number of ether oxygens (including phenoxy) is 1. The van der Waals surface area contributed by atoms with Gasteiger partial charge >= 0.3 is 0 Å². The average Bonchev–Trinajstić information content (AvgIpc) is 3.02. The molecule has 0 radical (unpaired) electrons. The molecule has 0 saturated heterocycles. The molecule has 0 aliphatic carbocycles. The van der Waals surface area contributed by atoms with Crippen molar-refractivity contribution < 1.29 is 14.1 Å². The zero-order valence-electron chi connectivity index (χ0n) is 11.1. The number of hydrogen-bond donors (Lipinski definition) is 2. The van der Waals surface area contributed by atoms with Crippen molar-refractivity contribution in [2.75, 3.05) is 12.4 Å². The van der Waals surface area contributed by atoms with E-state index in [4.69, 9.17) is 5.26 Å². The third-order valence-corrected chi connectivity index (χ3v) is 2.55. The number of tetrazole rings is 1. The number of allylic oxidation sites excluding steroid dienone is 1. The first-order valence-electron chi connectivity index (χ1n) is 5.69. The Labute approximate surface area is 122 Å². The number of nitro groups is 1. The summed E-state index contributed by atoms with van der Waals surface area (Å²) in [5, 5.41) is 35.1. The van der Waals surface area contributed by atoms with Crippen LogP contribution in [0.5, 0.6) is 5.75 Å². The first kappa shape index (κ1) is 14.9. The van der Waals surface area contributed by atoms with Gasteiger partial charge in [0.2, 0.25) is 5.82 Å². The Kier molecular flexibility index (Phi) is 4.23. The molecule has 0 fully saturated rings. The predicted octanol–water partition coefficient (Wildman–Crippen LogP) is 1.23. The summed E-state index contributed by atoms with van der Waals surface area (Å²) in [4.78, 5) is 10.3. The van der Waals surface area contributed by atoms with Crippen LogP contribution in [-0.2, 0) is 0 Å². The van der Waals surface area contributed by atoms with Crippen molar-refractivity contribution in [1.29, 1.82) is 5.26 Å². The number of aromatic amines is 1. The normalized spacial score (nSPS) is 10.9. The summed E-state index contributed by atoms with van der Waals surface area (Å²) < 4.78 is 18.3. The Morgan fingerprint density at radius 2 is 2.41 bits per heavy atom. The fourth-order valence-corrected chi connectivity index (χ4v) is 1.54. The number of nitro benzene ring substituents is 1. The maximum absolute atomic E-state index is 13.7. The van der Waals surface area contributed by atoms with E-state index in [1.54, 1.807) is 6.07 Å². The third-order valence-electron chi connectivity index (χ3n) is 2.55. The second-order valence-electron chi connectivity index (χ2n) is 3.81. The van der Waals surface area contributed by atoms with Gasteiger partial charge in [0.1, 0.15) is 17.3 Å². The van der Waals surface area contributed by atoms with Crippen LogP contribution in [-0.4, -0.2) is 32.7 Å². The number of anilines is 1. The van der Waals surface area contributed by atoms with E-state index in [2.05, 4.69) is 30.7 Å². The molecular weight excluding hydrogens is 297 g/mol. The molecule has 2 rings (SSSR count). The highest BCUT2D eigenvalue weighted by molar-refractivity contribution is 5.76. The van der Waals surface area contributed by atoms with Crippen molar-refractivity contribution in [3.8, 4) is 11.8 Å². The lowest BCUT2D eigenvalue weighted by atomic mass is 10.2. The molecule has 0 amide bonds. The highest BCUT2D eigenvalue weighted by Crippen LogP contribution is 2.32. The Bertz CT molecular complexity index is 767. The van der Waals surface area contributed by atoms with E-state index in [0.29, 0.717) is 0 Å². The lowest BCUT2D eigenvalue weighted by molar-refractivity contribution is -0.384. The van der Waals surface area contributed by atoms with Gasteiger partial charge in [0.15, 0.2) is 11.6 Å². The van der Waals surface area contributed by atoms with Gasteiger partial charge in [-0.15, -0.1) is 10.2 Å². The highest BCUT2D eigenvalue weighted by Gasteiger charge is 2.19. The number of methoxy groups -OCH3 is 1. The molecule has 0 unspecified atom stereocenters. The highest BCUT2D eigenvalue weighted by atomic mass is 19.1. The van der Waals surface area contributed by atoms with Crippen LogP contribution in [0.4, 0.5) is 15.8 Å². The molecule has 0 saturated carbocycles. The van der Waals surface area contributed by atoms with Crippen molar-refractivity contribution in [1.82, 2.24) is 20.6 Å². The number of hydrogen-bond acceptors (Lipinski definition) is 8. The molecule has 0 bridgehead atoms. The minimum atomic E-state index is -0.790. The number of nitriles is 1. The summed E-state index contributed by atoms with van der Waals surface area (Å²) in [5.74, 6) is -1.06. The molecule has 10 nitrogen and oxygen atoms in total. The maximum Gasteiger partial charge on any atom is 0.296 e. The number of halogens is 1. The summed E-state index contributed by atoms with van der Waals surface area (Å²) >= 11 is 0. The first-order chi connectivity index (χ1) is 10.6. The Morgan fingerprint density at radius 3 is 2.95 bits per heavy atom. The molecule has 11 heteroatoms. The molecule has 1 aromatic carbocycles. The van der Waals surface area contributed by atoms with Crippen molar-refractivity contribution in [2.45, 2.75) is 0 Å². The fourth-order valence-electron chi connectivity index (χ4n) is 1.54. The van der Waals surface area contributed by atoms with Crippen molar-refractivity contribution in [3.63, 3.8) is 0 Å². The van der Waals surface area contributed by atoms with Crippen molar-refractivity contribution in [2.24, 2.45) is 0 Å². The zero-order chi connectivity index (χ0) is 16.1. The molecular formula is C11H8FN7O3. The molecule has 1 heterocycles. The SMILES string of the molecule is COc1cc([N+](=O)[O-])c(NC=C(C#N)c2nn[nH]n2)cc1F. The van der Waals surface area contributed by atoms with Crippen LogP contribution in [0.2, 0.25) is 0 Å². The van der Waals surface area contributed by atoms with Crippen LogP contribution < -0.4 is 10.1 Å². The van der Waals surface area contributed by atoms with Crippen molar-refractivity contribution in [3.05, 3.63) is 40.1 Å². The van der Waals surface area contributed by atoms with Gasteiger partial charge in [-0.25, -0.2) is 4.39 Å². The summed E-state index contributed by atoms with van der Waals surface area (Å²) in [7, 11) is 1.19. The van der Waals surface area contributed by atoms with Crippen LogP contribution in [0.3, 0.4) is 0 Å². The first-order valence-corrected chi connectivity index (χ1v) is 5.69. The Morgan fingerprint density at radius 1 is 1.64 bits per heavy atom. The van der Waals surface area contributed by atoms with Crippen LogP contribution in [0.15, 0.2) is 18.3 Å². The van der Waals surface area contributed by atoms with Crippen molar-refractivity contribution >= 4 is 16.9 Å². The van der Waals surface area contributed by atoms with Gasteiger partial charge in [-0.1, -0.05) is 0 Å². The summed E-state index contributed by atoms with van der Waals surface area (Å²) in [5.41, 5.74) is -0.612. The van der Waals surface area contributed by atoms with Crippen LogP contribution in [0.25, 0.3) is 5.57 Å². The molecule has 0 spiro atoms. The maximum atomic E-state index is 13.7. The standard InChI is InChI=1S/C11H8FN7O3/c1-22-10-3-9(19(20)21)8(2-7(10)12)14-5-6(4-13)11-15-17-18-16-11/h2-3,5,14H,1H3,(H,15,16,17,18). The molecule has 0 aliphatic heterocycles. The molecule has 1 aromatic heterocycles. The van der Waals surface area contributed by atoms with Gasteiger partial charge in [-0.2, -0.15) is 10.5 Å². The quantitative estimate of drug-likeness (QED) is 0.477. The smallest absolute Gasteiger partial charge is 0.296 e. The molecule has 0 aliphatic rings. The lowest BCUT2D eigenvalue weighted by Gasteiger charge is -2.06. The van der Waals surface area contributed by atoms with E-state index in [1.165, 1.54) is 7.11 Å². The van der Waals surface area contributed by atoms with E-state index in [1.807, 2.05) is 0 Å². The second kappa shape index (κ2) is 6.27. The molecule has 112 valence electrons. The van der Waals surface area contributed by atoms with Crippen LogP contribution in [0.1, 0.15) is 5.82 Å². The van der Waals surface area contributed by atoms with E-state index in [9.17, 15) is 14.5 Å². The molecule has 2 aromatic rings. The summed E-state index contributed by atoms with van der Waals surface area (Å²) in [6, 6.07) is 3.61.